The van der Waals surface area contributed by atoms with Crippen molar-refractivity contribution in [3.05, 3.63) is 53.3 Å². The van der Waals surface area contributed by atoms with Crippen molar-refractivity contribution in [2.45, 2.75) is 12.8 Å². The molecule has 1 aliphatic carbocycles. The van der Waals surface area contributed by atoms with Crippen LogP contribution in [0.15, 0.2) is 36.5 Å². The van der Waals surface area contributed by atoms with Crippen LogP contribution in [0, 0.1) is 6.92 Å². The summed E-state index contributed by atoms with van der Waals surface area (Å²) >= 11 is 0. The van der Waals surface area contributed by atoms with Crippen molar-refractivity contribution in [1.82, 2.24) is 4.98 Å². The van der Waals surface area contributed by atoms with Crippen LogP contribution in [0.2, 0.25) is 0 Å². The fourth-order valence-corrected chi connectivity index (χ4v) is 2.49. The predicted octanol–water partition coefficient (Wildman–Crippen LogP) is 2.49. The number of aliphatic hydroxyl groups is 1. The van der Waals surface area contributed by atoms with Gasteiger partial charge in [0.1, 0.15) is 0 Å². The number of aromatic nitrogens is 1. The van der Waals surface area contributed by atoms with Crippen molar-refractivity contribution < 1.29 is 5.11 Å². The Balaban J connectivity index is 2.30. The third-order valence-corrected chi connectivity index (χ3v) is 3.26. The van der Waals surface area contributed by atoms with Crippen molar-refractivity contribution in [2.24, 2.45) is 0 Å². The lowest BCUT2D eigenvalue weighted by Gasteiger charge is -2.08. The fraction of sp³-hybridized carbons (Fsp3) is 0.214. The number of benzene rings is 1. The van der Waals surface area contributed by atoms with Gasteiger partial charge in [0.05, 0.1) is 6.61 Å². The van der Waals surface area contributed by atoms with Crippen LogP contribution in [-0.2, 0) is 0 Å². The van der Waals surface area contributed by atoms with Crippen LogP contribution < -0.4 is 0 Å². The van der Waals surface area contributed by atoms with E-state index in [2.05, 4.69) is 23.2 Å². The summed E-state index contributed by atoms with van der Waals surface area (Å²) in [6.07, 6.45) is 1.89. The summed E-state index contributed by atoms with van der Waals surface area (Å²) in [5, 5.41) is 9.50. The van der Waals surface area contributed by atoms with E-state index in [1.165, 1.54) is 16.7 Å². The zero-order chi connectivity index (χ0) is 11.1. The Labute approximate surface area is 94.6 Å². The largest absolute Gasteiger partial charge is 0.395 e. The van der Waals surface area contributed by atoms with Crippen molar-refractivity contribution >= 4 is 0 Å². The first-order valence-corrected chi connectivity index (χ1v) is 5.48. The second-order valence-electron chi connectivity index (χ2n) is 4.24. The number of aliphatic hydroxyl groups excluding tert-OH is 1. The molecule has 1 unspecified atom stereocenters. The Morgan fingerprint density at radius 2 is 2.00 bits per heavy atom. The molecule has 1 N–H and O–H groups in total. The van der Waals surface area contributed by atoms with Crippen molar-refractivity contribution in [2.75, 3.05) is 6.61 Å². The van der Waals surface area contributed by atoms with E-state index >= 15 is 0 Å². The van der Waals surface area contributed by atoms with Gasteiger partial charge in [-0.15, -0.1) is 0 Å². The van der Waals surface area contributed by atoms with E-state index in [1.807, 2.05) is 25.3 Å². The standard InChI is InChI=1S/C14H13NO/c1-9-6-12-10-4-2-3-5-11(10)14(8-16)13(12)7-15-9/h2-7,14,16H,8H2,1H3. The first kappa shape index (κ1) is 9.55. The maximum atomic E-state index is 9.50. The number of fused-ring (bicyclic) bond motifs is 3. The fourth-order valence-electron chi connectivity index (χ4n) is 2.49. The van der Waals surface area contributed by atoms with Gasteiger partial charge in [-0.05, 0) is 35.2 Å². The first-order chi connectivity index (χ1) is 7.81. The van der Waals surface area contributed by atoms with Crippen LogP contribution in [-0.4, -0.2) is 16.7 Å². The quantitative estimate of drug-likeness (QED) is 0.786. The van der Waals surface area contributed by atoms with Gasteiger partial charge in [-0.3, -0.25) is 4.98 Å². The molecular weight excluding hydrogens is 198 g/mol. The van der Waals surface area contributed by atoms with Gasteiger partial charge >= 0.3 is 0 Å². The third-order valence-electron chi connectivity index (χ3n) is 3.26. The highest BCUT2D eigenvalue weighted by Gasteiger charge is 2.27. The number of hydrogen-bond acceptors (Lipinski definition) is 2. The maximum absolute atomic E-state index is 9.50. The number of pyridine rings is 1. The Hall–Kier alpha value is -1.67. The van der Waals surface area contributed by atoms with Crippen LogP contribution >= 0.6 is 0 Å². The topological polar surface area (TPSA) is 33.1 Å². The zero-order valence-corrected chi connectivity index (χ0v) is 9.14. The molecule has 0 fully saturated rings. The molecule has 0 aliphatic heterocycles. The Kier molecular flexibility index (Phi) is 2.04. The molecule has 1 aliphatic rings. The van der Waals surface area contributed by atoms with E-state index in [0.717, 1.165) is 11.3 Å². The van der Waals surface area contributed by atoms with Gasteiger partial charge in [-0.1, -0.05) is 24.3 Å². The van der Waals surface area contributed by atoms with Crippen molar-refractivity contribution in [3.63, 3.8) is 0 Å². The number of aryl methyl sites for hydroxylation is 1. The average Bonchev–Trinajstić information content (AvgIpc) is 2.62. The van der Waals surface area contributed by atoms with Gasteiger partial charge in [0.2, 0.25) is 0 Å². The molecule has 0 radical (unpaired) electrons. The normalized spacial score (nSPS) is 17.0. The molecule has 1 heterocycles. The zero-order valence-electron chi connectivity index (χ0n) is 9.14. The van der Waals surface area contributed by atoms with E-state index in [4.69, 9.17) is 0 Å². The molecule has 1 aromatic carbocycles. The molecule has 2 heteroatoms. The monoisotopic (exact) mass is 211 g/mol. The summed E-state index contributed by atoms with van der Waals surface area (Å²) in [6.45, 7) is 2.14. The minimum Gasteiger partial charge on any atom is -0.395 e. The van der Waals surface area contributed by atoms with Crippen molar-refractivity contribution in [1.29, 1.82) is 0 Å². The number of nitrogens with zero attached hydrogens (tertiary/aromatic N) is 1. The molecule has 80 valence electrons. The average molecular weight is 211 g/mol. The summed E-state index contributed by atoms with van der Waals surface area (Å²) in [6, 6.07) is 10.4. The molecule has 2 aromatic rings. The van der Waals surface area contributed by atoms with Crippen LogP contribution in [0.3, 0.4) is 0 Å². The number of hydrogen-bond donors (Lipinski definition) is 1. The molecule has 0 saturated carbocycles. The van der Waals surface area contributed by atoms with Gasteiger partial charge in [0, 0.05) is 17.8 Å². The molecule has 0 saturated heterocycles. The SMILES string of the molecule is Cc1cc2c(cn1)C(CO)c1ccccc1-2. The Morgan fingerprint density at radius 3 is 2.81 bits per heavy atom. The second-order valence-corrected chi connectivity index (χ2v) is 4.24. The molecule has 0 spiro atoms. The lowest BCUT2D eigenvalue weighted by Crippen LogP contribution is -2.02. The second kappa shape index (κ2) is 3.42. The van der Waals surface area contributed by atoms with E-state index in [1.54, 1.807) is 0 Å². The van der Waals surface area contributed by atoms with Gasteiger partial charge in [-0.25, -0.2) is 0 Å². The smallest absolute Gasteiger partial charge is 0.0541 e. The molecule has 0 bridgehead atoms. The molecule has 1 aromatic heterocycles. The van der Waals surface area contributed by atoms with E-state index in [9.17, 15) is 5.11 Å². The third kappa shape index (κ3) is 1.20. The Morgan fingerprint density at radius 1 is 1.19 bits per heavy atom. The maximum Gasteiger partial charge on any atom is 0.0541 e. The van der Waals surface area contributed by atoms with Gasteiger partial charge in [-0.2, -0.15) is 0 Å². The van der Waals surface area contributed by atoms with Gasteiger partial charge in [0.25, 0.3) is 0 Å². The first-order valence-electron chi connectivity index (χ1n) is 5.48. The molecule has 16 heavy (non-hydrogen) atoms. The van der Waals surface area contributed by atoms with E-state index in [0.29, 0.717) is 0 Å². The van der Waals surface area contributed by atoms with Crippen LogP contribution in [0.25, 0.3) is 11.1 Å². The molecule has 0 amide bonds. The van der Waals surface area contributed by atoms with E-state index < -0.39 is 0 Å². The highest BCUT2D eigenvalue weighted by molar-refractivity contribution is 5.78. The summed E-state index contributed by atoms with van der Waals surface area (Å²) < 4.78 is 0. The van der Waals surface area contributed by atoms with Crippen LogP contribution in [0.1, 0.15) is 22.7 Å². The molecular formula is C14H13NO. The lowest BCUT2D eigenvalue weighted by molar-refractivity contribution is 0.282. The van der Waals surface area contributed by atoms with Gasteiger partial charge < -0.3 is 5.11 Å². The van der Waals surface area contributed by atoms with Gasteiger partial charge in [0.15, 0.2) is 0 Å². The Bertz CT molecular complexity index is 548. The summed E-state index contributed by atoms with van der Waals surface area (Å²) in [5.74, 6) is 0.0966. The number of rotatable bonds is 1. The summed E-state index contributed by atoms with van der Waals surface area (Å²) in [4.78, 5) is 4.32. The highest BCUT2D eigenvalue weighted by Crippen LogP contribution is 2.43. The predicted molar refractivity (Wildman–Crippen MR) is 63.3 cm³/mol. The minimum atomic E-state index is 0.0966. The molecule has 3 rings (SSSR count). The molecule has 2 nitrogen and oxygen atoms in total. The lowest BCUT2D eigenvalue weighted by atomic mass is 9.99. The highest BCUT2D eigenvalue weighted by atomic mass is 16.3. The van der Waals surface area contributed by atoms with Crippen LogP contribution in [0.5, 0.6) is 0 Å². The van der Waals surface area contributed by atoms with Crippen molar-refractivity contribution in [3.8, 4) is 11.1 Å². The van der Waals surface area contributed by atoms with E-state index in [-0.39, 0.29) is 12.5 Å². The minimum absolute atomic E-state index is 0.0966. The summed E-state index contributed by atoms with van der Waals surface area (Å²) in [5.41, 5.74) is 5.85. The summed E-state index contributed by atoms with van der Waals surface area (Å²) in [7, 11) is 0. The van der Waals surface area contributed by atoms with Crippen LogP contribution in [0.4, 0.5) is 0 Å². The molecule has 1 atom stereocenters.